The molecular weight excluding hydrogens is 454 g/mol. The summed E-state index contributed by atoms with van der Waals surface area (Å²) in [7, 11) is -1.65. The predicted octanol–water partition coefficient (Wildman–Crippen LogP) is 3.98. The van der Waals surface area contributed by atoms with Gasteiger partial charge in [0.1, 0.15) is 0 Å². The fraction of sp³-hybridized carbons (Fsp3) is 0.364. The van der Waals surface area contributed by atoms with Gasteiger partial charge in [-0.15, -0.1) is 0 Å². The van der Waals surface area contributed by atoms with Crippen LogP contribution in [0, 0.1) is 5.92 Å². The molecule has 1 saturated heterocycles. The van der Waals surface area contributed by atoms with E-state index in [0.717, 1.165) is 16.6 Å². The molecule has 1 fully saturated rings. The Kier molecular flexibility index (Phi) is 6.35. The zero-order valence-corrected chi connectivity index (χ0v) is 19.8. The van der Waals surface area contributed by atoms with Gasteiger partial charge >= 0.3 is 0 Å². The highest BCUT2D eigenvalue weighted by molar-refractivity contribution is 7.89. The molecule has 9 heteroatoms. The highest BCUT2D eigenvalue weighted by atomic mass is 35.5. The number of fused-ring (bicyclic) bond motifs is 1. The van der Waals surface area contributed by atoms with Gasteiger partial charge in [-0.2, -0.15) is 9.30 Å². The van der Waals surface area contributed by atoms with Crippen molar-refractivity contribution in [1.29, 1.82) is 0 Å². The van der Waals surface area contributed by atoms with Crippen LogP contribution in [0.25, 0.3) is 10.2 Å². The Labute approximate surface area is 190 Å². The van der Waals surface area contributed by atoms with Crippen LogP contribution in [0.2, 0.25) is 5.02 Å². The third-order valence-electron chi connectivity index (χ3n) is 5.75. The lowest BCUT2D eigenvalue weighted by Crippen LogP contribution is -2.40. The van der Waals surface area contributed by atoms with Gasteiger partial charge in [0.2, 0.25) is 10.0 Å². The van der Waals surface area contributed by atoms with Crippen molar-refractivity contribution in [2.24, 2.45) is 18.0 Å². The molecule has 31 heavy (non-hydrogen) atoms. The zero-order chi connectivity index (χ0) is 22.2. The van der Waals surface area contributed by atoms with Crippen molar-refractivity contribution in [1.82, 2.24) is 8.87 Å². The van der Waals surface area contributed by atoms with Crippen LogP contribution in [0.15, 0.2) is 52.4 Å². The zero-order valence-electron chi connectivity index (χ0n) is 17.4. The molecule has 0 bridgehead atoms. The molecule has 1 aromatic heterocycles. The lowest BCUT2D eigenvalue weighted by molar-refractivity contribution is -0.122. The number of thiazole rings is 1. The third-order valence-corrected chi connectivity index (χ3v) is 9.01. The molecule has 0 radical (unpaired) electrons. The number of benzene rings is 2. The van der Waals surface area contributed by atoms with Gasteiger partial charge in [-0.25, -0.2) is 8.42 Å². The molecule has 1 amide bonds. The Morgan fingerprint density at radius 2 is 1.84 bits per heavy atom. The van der Waals surface area contributed by atoms with Crippen molar-refractivity contribution in [3.63, 3.8) is 0 Å². The lowest BCUT2D eigenvalue weighted by atomic mass is 9.98. The summed E-state index contributed by atoms with van der Waals surface area (Å²) in [4.78, 5) is 18.2. The van der Waals surface area contributed by atoms with E-state index >= 15 is 0 Å². The van der Waals surface area contributed by atoms with E-state index in [1.54, 1.807) is 12.1 Å². The number of amides is 1. The molecule has 0 spiro atoms. The first-order valence-electron chi connectivity index (χ1n) is 10.2. The summed E-state index contributed by atoms with van der Waals surface area (Å²) in [5, 5.41) is 0.491. The summed E-state index contributed by atoms with van der Waals surface area (Å²) in [5.41, 5.74) is 2.34. The first-order chi connectivity index (χ1) is 14.8. The van der Waals surface area contributed by atoms with Crippen molar-refractivity contribution in [2.45, 2.75) is 31.1 Å². The van der Waals surface area contributed by atoms with Crippen LogP contribution < -0.4 is 4.80 Å². The summed E-state index contributed by atoms with van der Waals surface area (Å²) in [6.07, 6.45) is 1.84. The maximum Gasteiger partial charge on any atom is 0.251 e. The number of aryl methyl sites for hydroxylation is 2. The molecular formula is C22H24ClN3O3S2. The highest BCUT2D eigenvalue weighted by Crippen LogP contribution is 2.26. The Balaban J connectivity index is 1.51. The summed E-state index contributed by atoms with van der Waals surface area (Å²) in [6.45, 7) is 2.71. The number of hydrogen-bond donors (Lipinski definition) is 0. The maximum absolute atomic E-state index is 12.9. The van der Waals surface area contributed by atoms with E-state index < -0.39 is 10.0 Å². The second kappa shape index (κ2) is 8.86. The molecule has 1 aliphatic rings. The third kappa shape index (κ3) is 4.35. The fourth-order valence-electron chi connectivity index (χ4n) is 3.96. The molecule has 0 atom stereocenters. The molecule has 6 nitrogen and oxygen atoms in total. The number of para-hydroxylation sites is 1. The molecule has 4 rings (SSSR count). The number of carbonyl (C=O) groups is 1. The number of nitrogens with zero attached hydrogens (tertiary/aromatic N) is 3. The average Bonchev–Trinajstić information content (AvgIpc) is 3.09. The van der Waals surface area contributed by atoms with E-state index in [4.69, 9.17) is 11.6 Å². The van der Waals surface area contributed by atoms with Crippen LogP contribution in [0.5, 0.6) is 0 Å². The average molecular weight is 478 g/mol. The summed E-state index contributed by atoms with van der Waals surface area (Å²) < 4.78 is 30.2. The van der Waals surface area contributed by atoms with Crippen molar-refractivity contribution >= 4 is 49.1 Å². The Morgan fingerprint density at radius 1 is 1.16 bits per heavy atom. The SMILES string of the molecule is CCc1cccc2sc(=NC(=O)C3CCN(S(=O)(=O)c4ccc(Cl)cc4)CC3)n(C)c12. The first kappa shape index (κ1) is 22.2. The fourth-order valence-corrected chi connectivity index (χ4v) is 6.63. The molecule has 1 aliphatic heterocycles. The van der Waals surface area contributed by atoms with E-state index in [0.29, 0.717) is 35.8 Å². The van der Waals surface area contributed by atoms with Gasteiger partial charge in [0.15, 0.2) is 4.80 Å². The number of hydrogen-bond acceptors (Lipinski definition) is 4. The van der Waals surface area contributed by atoms with Crippen LogP contribution >= 0.6 is 22.9 Å². The molecule has 2 aromatic carbocycles. The Morgan fingerprint density at radius 3 is 2.48 bits per heavy atom. The minimum atomic E-state index is -3.59. The number of halogens is 1. The topological polar surface area (TPSA) is 71.7 Å². The maximum atomic E-state index is 12.9. The van der Waals surface area contributed by atoms with Gasteiger partial charge in [-0.3, -0.25) is 4.79 Å². The van der Waals surface area contributed by atoms with E-state index in [1.165, 1.54) is 33.3 Å². The highest BCUT2D eigenvalue weighted by Gasteiger charge is 2.32. The standard InChI is InChI=1S/C22H24ClN3O3S2/c1-3-15-5-4-6-19-20(15)25(2)22(30-19)24-21(27)16-11-13-26(14-12-16)31(28,29)18-9-7-17(23)8-10-18/h4-10,16H,3,11-14H2,1-2H3. The van der Waals surface area contributed by atoms with E-state index in [-0.39, 0.29) is 16.7 Å². The number of rotatable bonds is 4. The van der Waals surface area contributed by atoms with Crippen LogP contribution in [-0.2, 0) is 28.3 Å². The van der Waals surface area contributed by atoms with Gasteiger partial charge in [-0.1, -0.05) is 42.0 Å². The quantitative estimate of drug-likeness (QED) is 0.570. The number of carbonyl (C=O) groups excluding carboxylic acids is 1. The second-order valence-electron chi connectivity index (χ2n) is 7.64. The number of piperidine rings is 1. The first-order valence-corrected chi connectivity index (χ1v) is 12.9. The molecule has 164 valence electrons. The van der Waals surface area contributed by atoms with Gasteiger partial charge in [0.05, 0.1) is 15.1 Å². The van der Waals surface area contributed by atoms with E-state index in [1.807, 2.05) is 23.7 Å². The molecule has 2 heterocycles. The van der Waals surface area contributed by atoms with E-state index in [9.17, 15) is 13.2 Å². The summed E-state index contributed by atoms with van der Waals surface area (Å²) in [5.74, 6) is -0.448. The van der Waals surface area contributed by atoms with Crippen molar-refractivity contribution in [3.8, 4) is 0 Å². The largest absolute Gasteiger partial charge is 0.319 e. The molecule has 0 saturated carbocycles. The molecule has 3 aromatic rings. The summed E-state index contributed by atoms with van der Waals surface area (Å²) in [6, 6.07) is 12.3. The Bertz CT molecular complexity index is 1290. The van der Waals surface area contributed by atoms with Gasteiger partial charge in [0, 0.05) is 31.1 Å². The van der Waals surface area contributed by atoms with Gasteiger partial charge < -0.3 is 4.57 Å². The molecule has 0 unspecified atom stereocenters. The smallest absolute Gasteiger partial charge is 0.251 e. The Hall–Kier alpha value is -2.00. The van der Waals surface area contributed by atoms with E-state index in [2.05, 4.69) is 18.0 Å². The van der Waals surface area contributed by atoms with Crippen molar-refractivity contribution < 1.29 is 13.2 Å². The molecule has 0 aliphatic carbocycles. The minimum Gasteiger partial charge on any atom is -0.319 e. The monoisotopic (exact) mass is 477 g/mol. The lowest BCUT2D eigenvalue weighted by Gasteiger charge is -2.29. The number of aromatic nitrogens is 1. The van der Waals surface area contributed by atoms with Crippen LogP contribution in [0.1, 0.15) is 25.3 Å². The van der Waals surface area contributed by atoms with Crippen LogP contribution in [0.3, 0.4) is 0 Å². The van der Waals surface area contributed by atoms with Crippen LogP contribution in [-0.4, -0.2) is 36.3 Å². The van der Waals surface area contributed by atoms with Crippen molar-refractivity contribution in [2.75, 3.05) is 13.1 Å². The van der Waals surface area contributed by atoms with Crippen LogP contribution in [0.4, 0.5) is 0 Å². The predicted molar refractivity (Wildman–Crippen MR) is 124 cm³/mol. The molecule has 0 N–H and O–H groups in total. The van der Waals surface area contributed by atoms with Gasteiger partial charge in [0.25, 0.3) is 5.91 Å². The van der Waals surface area contributed by atoms with Crippen molar-refractivity contribution in [3.05, 3.63) is 57.9 Å². The van der Waals surface area contributed by atoms with Gasteiger partial charge in [-0.05, 0) is 55.2 Å². The number of sulfonamides is 1. The minimum absolute atomic E-state index is 0.177. The second-order valence-corrected chi connectivity index (χ2v) is 11.0. The normalized spacial score (nSPS) is 16.8. The summed E-state index contributed by atoms with van der Waals surface area (Å²) >= 11 is 7.37.